The van der Waals surface area contributed by atoms with E-state index in [4.69, 9.17) is 11.6 Å². The second kappa shape index (κ2) is 7.62. The third-order valence-corrected chi connectivity index (χ3v) is 8.89. The number of carbonyl (C=O) groups excluding carboxylic acids is 1. The Kier molecular flexibility index (Phi) is 5.07. The molecule has 1 atom stereocenters. The van der Waals surface area contributed by atoms with Gasteiger partial charge in [0.25, 0.3) is 10.0 Å². The minimum atomic E-state index is -3.80. The maximum absolute atomic E-state index is 13.0. The van der Waals surface area contributed by atoms with Gasteiger partial charge in [0.1, 0.15) is 10.3 Å². The van der Waals surface area contributed by atoms with Gasteiger partial charge in [-0.15, -0.1) is 11.3 Å². The molecule has 2 aromatic carbocycles. The fourth-order valence-electron chi connectivity index (χ4n) is 4.04. The van der Waals surface area contributed by atoms with Crippen LogP contribution in [0, 0.1) is 0 Å². The van der Waals surface area contributed by atoms with E-state index >= 15 is 0 Å². The van der Waals surface area contributed by atoms with Gasteiger partial charge < -0.3 is 10.2 Å². The Morgan fingerprint density at radius 3 is 2.87 bits per heavy atom. The molecule has 30 heavy (non-hydrogen) atoms. The number of benzene rings is 2. The standard InChI is InChI=1S/C21H20ClN3O3S2/c22-16-3-1-14-10-20(29-19(14)11-16)30(27,28)24-18-6-8-25(21(18)26)17-4-2-15-12-23-7-5-13(15)9-17/h1-4,9-11,18,23-24H,5-8,12H2. The van der Waals surface area contributed by atoms with Gasteiger partial charge in [-0.05, 0) is 66.2 Å². The van der Waals surface area contributed by atoms with Crippen molar-refractivity contribution in [3.05, 3.63) is 58.6 Å². The molecule has 1 saturated heterocycles. The van der Waals surface area contributed by atoms with Crippen molar-refractivity contribution in [3.63, 3.8) is 0 Å². The van der Waals surface area contributed by atoms with Gasteiger partial charge in [-0.3, -0.25) is 4.79 Å². The summed E-state index contributed by atoms with van der Waals surface area (Å²) in [6.07, 6.45) is 1.37. The molecule has 1 unspecified atom stereocenters. The number of carbonyl (C=O) groups is 1. The number of amides is 1. The first-order chi connectivity index (χ1) is 14.4. The number of halogens is 1. The van der Waals surface area contributed by atoms with Gasteiger partial charge in [-0.2, -0.15) is 4.72 Å². The third kappa shape index (κ3) is 3.63. The molecule has 0 saturated carbocycles. The van der Waals surface area contributed by atoms with E-state index in [1.807, 2.05) is 12.1 Å². The van der Waals surface area contributed by atoms with Crippen LogP contribution in [0.2, 0.25) is 5.02 Å². The number of nitrogens with one attached hydrogen (secondary N) is 2. The van der Waals surface area contributed by atoms with Crippen LogP contribution >= 0.6 is 22.9 Å². The number of fused-ring (bicyclic) bond motifs is 2. The van der Waals surface area contributed by atoms with Crippen molar-refractivity contribution in [2.75, 3.05) is 18.0 Å². The van der Waals surface area contributed by atoms with Crippen LogP contribution in [0.25, 0.3) is 10.1 Å². The van der Waals surface area contributed by atoms with Gasteiger partial charge in [-0.25, -0.2) is 8.42 Å². The normalized spacial score (nSPS) is 19.4. The van der Waals surface area contributed by atoms with Crippen LogP contribution in [-0.4, -0.2) is 33.5 Å². The Bertz CT molecular complexity index is 1260. The first-order valence-electron chi connectivity index (χ1n) is 9.76. The topological polar surface area (TPSA) is 78.5 Å². The van der Waals surface area contributed by atoms with Gasteiger partial charge in [0.05, 0.1) is 0 Å². The van der Waals surface area contributed by atoms with E-state index in [9.17, 15) is 13.2 Å². The number of thiophene rings is 1. The van der Waals surface area contributed by atoms with Crippen LogP contribution in [-0.2, 0) is 27.8 Å². The summed E-state index contributed by atoms with van der Waals surface area (Å²) in [5, 5.41) is 4.71. The minimum absolute atomic E-state index is 0.187. The van der Waals surface area contributed by atoms with E-state index in [0.29, 0.717) is 18.0 Å². The summed E-state index contributed by atoms with van der Waals surface area (Å²) in [6, 6.07) is 12.2. The lowest BCUT2D eigenvalue weighted by Crippen LogP contribution is -2.41. The highest BCUT2D eigenvalue weighted by molar-refractivity contribution is 7.91. The van der Waals surface area contributed by atoms with Crippen LogP contribution in [0.4, 0.5) is 5.69 Å². The molecule has 0 aliphatic carbocycles. The van der Waals surface area contributed by atoms with Crippen molar-refractivity contribution in [1.82, 2.24) is 10.0 Å². The molecule has 2 aliphatic rings. The Labute approximate surface area is 183 Å². The first kappa shape index (κ1) is 20.0. The first-order valence-corrected chi connectivity index (χ1v) is 12.4. The van der Waals surface area contributed by atoms with Crippen LogP contribution in [0.1, 0.15) is 17.5 Å². The summed E-state index contributed by atoms with van der Waals surface area (Å²) in [7, 11) is -3.80. The zero-order valence-corrected chi connectivity index (χ0v) is 18.4. The van der Waals surface area contributed by atoms with E-state index in [1.54, 1.807) is 29.2 Å². The molecular weight excluding hydrogens is 442 g/mol. The molecule has 0 radical (unpaired) electrons. The lowest BCUT2D eigenvalue weighted by atomic mass is 10.0. The van der Waals surface area contributed by atoms with Crippen LogP contribution in [0.5, 0.6) is 0 Å². The summed E-state index contributed by atoms with van der Waals surface area (Å²) >= 11 is 7.16. The zero-order valence-electron chi connectivity index (χ0n) is 16.0. The number of hydrogen-bond acceptors (Lipinski definition) is 5. The second-order valence-electron chi connectivity index (χ2n) is 7.58. The molecule has 1 amide bonds. The number of anilines is 1. The largest absolute Gasteiger partial charge is 0.312 e. The molecule has 3 heterocycles. The highest BCUT2D eigenvalue weighted by atomic mass is 35.5. The van der Waals surface area contributed by atoms with Crippen molar-refractivity contribution >= 4 is 54.6 Å². The molecule has 1 aromatic heterocycles. The van der Waals surface area contributed by atoms with Crippen molar-refractivity contribution < 1.29 is 13.2 Å². The summed E-state index contributed by atoms with van der Waals surface area (Å²) in [4.78, 5) is 14.7. The predicted octanol–water partition coefficient (Wildman–Crippen LogP) is 3.28. The molecule has 3 aromatic rings. The van der Waals surface area contributed by atoms with E-state index < -0.39 is 16.1 Å². The molecule has 0 bridgehead atoms. The highest BCUT2D eigenvalue weighted by Crippen LogP contribution is 2.32. The van der Waals surface area contributed by atoms with Crippen LogP contribution in [0.15, 0.2) is 46.7 Å². The molecule has 0 spiro atoms. The summed E-state index contributed by atoms with van der Waals surface area (Å²) < 4.78 is 29.4. The number of sulfonamides is 1. The molecule has 156 valence electrons. The van der Waals surface area contributed by atoms with Gasteiger partial charge in [-0.1, -0.05) is 23.7 Å². The van der Waals surface area contributed by atoms with Gasteiger partial charge >= 0.3 is 0 Å². The number of hydrogen-bond donors (Lipinski definition) is 2. The van der Waals surface area contributed by atoms with Gasteiger partial charge in [0, 0.05) is 28.5 Å². The Morgan fingerprint density at radius 1 is 1.13 bits per heavy atom. The van der Waals surface area contributed by atoms with Crippen LogP contribution < -0.4 is 14.9 Å². The average Bonchev–Trinajstić information content (AvgIpc) is 3.31. The maximum atomic E-state index is 13.0. The minimum Gasteiger partial charge on any atom is -0.312 e. The lowest BCUT2D eigenvalue weighted by molar-refractivity contribution is -0.118. The fraction of sp³-hybridized carbons (Fsp3) is 0.286. The molecule has 2 aliphatic heterocycles. The fourth-order valence-corrected chi connectivity index (χ4v) is 6.95. The molecule has 9 heteroatoms. The Hall–Kier alpha value is -1.97. The van der Waals surface area contributed by atoms with E-state index in [0.717, 1.165) is 46.6 Å². The molecule has 5 rings (SSSR count). The molecule has 1 fully saturated rings. The number of nitrogens with zero attached hydrogens (tertiary/aromatic N) is 1. The van der Waals surface area contributed by atoms with Gasteiger partial charge in [0.15, 0.2) is 0 Å². The van der Waals surface area contributed by atoms with E-state index in [-0.39, 0.29) is 10.1 Å². The average molecular weight is 462 g/mol. The Balaban J connectivity index is 1.36. The van der Waals surface area contributed by atoms with Gasteiger partial charge in [0.2, 0.25) is 5.91 Å². The van der Waals surface area contributed by atoms with Crippen molar-refractivity contribution in [2.24, 2.45) is 0 Å². The highest BCUT2D eigenvalue weighted by Gasteiger charge is 2.36. The van der Waals surface area contributed by atoms with Crippen molar-refractivity contribution in [1.29, 1.82) is 0 Å². The van der Waals surface area contributed by atoms with E-state index in [2.05, 4.69) is 16.1 Å². The van der Waals surface area contributed by atoms with Crippen molar-refractivity contribution in [3.8, 4) is 0 Å². The number of rotatable bonds is 4. The van der Waals surface area contributed by atoms with Crippen LogP contribution in [0.3, 0.4) is 0 Å². The second-order valence-corrected chi connectivity index (χ2v) is 11.0. The summed E-state index contributed by atoms with van der Waals surface area (Å²) in [6.45, 7) is 2.25. The summed E-state index contributed by atoms with van der Waals surface area (Å²) in [5.74, 6) is -0.211. The third-order valence-electron chi connectivity index (χ3n) is 5.62. The molecular formula is C21H20ClN3O3S2. The van der Waals surface area contributed by atoms with Crippen molar-refractivity contribution in [2.45, 2.75) is 29.6 Å². The lowest BCUT2D eigenvalue weighted by Gasteiger charge is -2.22. The Morgan fingerprint density at radius 2 is 2.00 bits per heavy atom. The molecule has 2 N–H and O–H groups in total. The van der Waals surface area contributed by atoms with E-state index in [1.165, 1.54) is 11.1 Å². The predicted molar refractivity (Wildman–Crippen MR) is 120 cm³/mol. The smallest absolute Gasteiger partial charge is 0.250 e. The molecule has 6 nitrogen and oxygen atoms in total. The SMILES string of the molecule is O=C1C(NS(=O)(=O)c2cc3ccc(Cl)cc3s2)CCN1c1ccc2c(c1)CCNC2. The zero-order chi connectivity index (χ0) is 20.9. The maximum Gasteiger partial charge on any atom is 0.250 e. The quantitative estimate of drug-likeness (QED) is 0.625. The monoisotopic (exact) mass is 461 g/mol. The summed E-state index contributed by atoms with van der Waals surface area (Å²) in [5.41, 5.74) is 3.32.